The van der Waals surface area contributed by atoms with Crippen LogP contribution in [0.4, 0.5) is 10.7 Å². The van der Waals surface area contributed by atoms with E-state index < -0.39 is 18.0 Å². The molecule has 0 saturated carbocycles. The lowest BCUT2D eigenvalue weighted by Crippen LogP contribution is -2.46. The number of esters is 1. The van der Waals surface area contributed by atoms with Crippen molar-refractivity contribution in [1.29, 1.82) is 0 Å². The van der Waals surface area contributed by atoms with Crippen LogP contribution in [0.2, 0.25) is 0 Å². The molecule has 9 heteroatoms. The molecule has 1 aliphatic heterocycles. The van der Waals surface area contributed by atoms with Crippen molar-refractivity contribution in [3.05, 3.63) is 64.6 Å². The molecule has 1 aliphatic rings. The van der Waals surface area contributed by atoms with Crippen LogP contribution in [0.1, 0.15) is 29.9 Å². The molecular formula is C20H22N6O3. The number of hydrogen-bond donors (Lipinski definition) is 3. The van der Waals surface area contributed by atoms with Gasteiger partial charge in [-0.25, -0.2) is 25.0 Å². The van der Waals surface area contributed by atoms with Gasteiger partial charge in [0, 0.05) is 11.4 Å². The standard InChI is InChI=1S/C20H22N6O3/c1-4-29-18(27)16-15(11-21-26-19-22-12(2)10-13(3)23-19)24-20(28)25-17(16)14-8-6-5-7-9-14/h5-11,17H,4H2,1-3H3,(H,22,23,26)(H2,24,25,28)/b21-11-/t17-/m0/s1. The van der Waals surface area contributed by atoms with E-state index in [1.165, 1.54) is 6.21 Å². The summed E-state index contributed by atoms with van der Waals surface area (Å²) in [7, 11) is 0. The van der Waals surface area contributed by atoms with Gasteiger partial charge >= 0.3 is 12.0 Å². The zero-order valence-electron chi connectivity index (χ0n) is 16.4. The van der Waals surface area contributed by atoms with E-state index in [-0.39, 0.29) is 17.9 Å². The van der Waals surface area contributed by atoms with E-state index in [9.17, 15) is 9.59 Å². The Labute approximate surface area is 168 Å². The van der Waals surface area contributed by atoms with Gasteiger partial charge in [0.05, 0.1) is 30.1 Å². The van der Waals surface area contributed by atoms with Crippen molar-refractivity contribution >= 4 is 24.2 Å². The quantitative estimate of drug-likeness (QED) is 0.393. The predicted molar refractivity (Wildman–Crippen MR) is 108 cm³/mol. The molecule has 0 spiro atoms. The Morgan fingerprint density at radius 3 is 2.59 bits per heavy atom. The molecule has 150 valence electrons. The van der Waals surface area contributed by atoms with Crippen molar-refractivity contribution < 1.29 is 14.3 Å². The Bertz CT molecular complexity index is 951. The van der Waals surface area contributed by atoms with Gasteiger partial charge in [-0.1, -0.05) is 30.3 Å². The van der Waals surface area contributed by atoms with Crippen molar-refractivity contribution in [2.24, 2.45) is 5.10 Å². The van der Waals surface area contributed by atoms with Crippen LogP contribution in [0.5, 0.6) is 0 Å². The van der Waals surface area contributed by atoms with Gasteiger partial charge in [-0.15, -0.1) is 0 Å². The maximum Gasteiger partial charge on any atom is 0.338 e. The van der Waals surface area contributed by atoms with Crippen LogP contribution in [0.25, 0.3) is 0 Å². The third kappa shape index (κ3) is 4.95. The summed E-state index contributed by atoms with van der Waals surface area (Å²) in [4.78, 5) is 33.3. The number of allylic oxidation sites excluding steroid dienone is 1. The Balaban J connectivity index is 1.95. The third-order valence-electron chi connectivity index (χ3n) is 4.07. The Morgan fingerprint density at radius 1 is 1.24 bits per heavy atom. The number of aryl methyl sites for hydroxylation is 2. The summed E-state index contributed by atoms with van der Waals surface area (Å²) in [5.41, 5.74) is 5.55. The molecule has 2 aromatic rings. The maximum atomic E-state index is 12.6. The molecule has 3 N–H and O–H groups in total. The average molecular weight is 394 g/mol. The summed E-state index contributed by atoms with van der Waals surface area (Å²) < 4.78 is 5.20. The van der Waals surface area contributed by atoms with E-state index in [0.29, 0.717) is 5.95 Å². The molecular weight excluding hydrogens is 372 g/mol. The van der Waals surface area contributed by atoms with E-state index in [2.05, 4.69) is 31.1 Å². The molecule has 0 unspecified atom stereocenters. The summed E-state index contributed by atoms with van der Waals surface area (Å²) in [6.45, 7) is 5.62. The first kappa shape index (κ1) is 20.0. The lowest BCUT2D eigenvalue weighted by molar-refractivity contribution is -0.139. The zero-order valence-corrected chi connectivity index (χ0v) is 16.4. The molecule has 0 fully saturated rings. The van der Waals surface area contributed by atoms with Crippen molar-refractivity contribution in [3.8, 4) is 0 Å². The van der Waals surface area contributed by atoms with Crippen LogP contribution < -0.4 is 16.1 Å². The number of rotatable bonds is 6. The lowest BCUT2D eigenvalue weighted by atomic mass is 9.95. The molecule has 0 radical (unpaired) electrons. The van der Waals surface area contributed by atoms with E-state index >= 15 is 0 Å². The minimum Gasteiger partial charge on any atom is -0.463 e. The molecule has 1 atom stereocenters. The molecule has 2 heterocycles. The van der Waals surface area contributed by atoms with Crippen molar-refractivity contribution in [2.45, 2.75) is 26.8 Å². The average Bonchev–Trinajstić information content (AvgIpc) is 2.67. The Kier molecular flexibility index (Phi) is 6.18. The number of hydrazone groups is 1. The summed E-state index contributed by atoms with van der Waals surface area (Å²) >= 11 is 0. The van der Waals surface area contributed by atoms with Crippen LogP contribution in [0.3, 0.4) is 0 Å². The smallest absolute Gasteiger partial charge is 0.338 e. The zero-order chi connectivity index (χ0) is 20.8. The Hall–Kier alpha value is -3.75. The molecule has 2 amide bonds. The summed E-state index contributed by atoms with van der Waals surface area (Å²) in [5, 5.41) is 9.47. The van der Waals surface area contributed by atoms with Gasteiger partial charge in [0.15, 0.2) is 0 Å². The molecule has 1 aromatic carbocycles. The minimum atomic E-state index is -0.664. The normalized spacial score (nSPS) is 16.4. The Morgan fingerprint density at radius 2 is 1.93 bits per heavy atom. The second-order valence-electron chi connectivity index (χ2n) is 6.33. The highest BCUT2D eigenvalue weighted by molar-refractivity contribution is 6.02. The van der Waals surface area contributed by atoms with Crippen LogP contribution in [0.15, 0.2) is 52.8 Å². The fraction of sp³-hybridized carbons (Fsp3) is 0.250. The molecule has 0 saturated heterocycles. The van der Waals surface area contributed by atoms with Crippen LogP contribution in [0, 0.1) is 13.8 Å². The van der Waals surface area contributed by atoms with E-state index in [0.717, 1.165) is 17.0 Å². The topological polar surface area (TPSA) is 118 Å². The maximum absolute atomic E-state index is 12.6. The van der Waals surface area contributed by atoms with Crippen molar-refractivity contribution in [1.82, 2.24) is 20.6 Å². The first-order valence-electron chi connectivity index (χ1n) is 9.13. The molecule has 0 aliphatic carbocycles. The number of ether oxygens (including phenoxy) is 1. The molecule has 9 nitrogen and oxygen atoms in total. The summed E-state index contributed by atoms with van der Waals surface area (Å²) in [5.74, 6) is -0.227. The first-order valence-corrected chi connectivity index (χ1v) is 9.13. The van der Waals surface area contributed by atoms with E-state index in [1.807, 2.05) is 50.2 Å². The van der Waals surface area contributed by atoms with Gasteiger partial charge in [-0.05, 0) is 32.4 Å². The molecule has 1 aromatic heterocycles. The van der Waals surface area contributed by atoms with Gasteiger partial charge in [-0.3, -0.25) is 0 Å². The van der Waals surface area contributed by atoms with Gasteiger partial charge in [0.2, 0.25) is 5.95 Å². The highest BCUT2D eigenvalue weighted by Crippen LogP contribution is 2.27. The van der Waals surface area contributed by atoms with Gasteiger partial charge in [-0.2, -0.15) is 5.10 Å². The fourth-order valence-corrected chi connectivity index (χ4v) is 2.95. The predicted octanol–water partition coefficient (Wildman–Crippen LogP) is 2.36. The number of amides is 2. The van der Waals surface area contributed by atoms with Gasteiger partial charge in [0.25, 0.3) is 0 Å². The van der Waals surface area contributed by atoms with Gasteiger partial charge < -0.3 is 15.4 Å². The SMILES string of the molecule is CCOC(=O)C1=C(/C=N\Nc2nc(C)cc(C)n2)NC(=O)N[C@H]1c1ccccc1. The van der Waals surface area contributed by atoms with Crippen LogP contribution in [-0.2, 0) is 9.53 Å². The number of carbonyl (C=O) groups excluding carboxylic acids is 2. The van der Waals surface area contributed by atoms with Crippen LogP contribution in [-0.4, -0.2) is 34.8 Å². The van der Waals surface area contributed by atoms with E-state index in [1.54, 1.807) is 6.92 Å². The number of hydrogen-bond acceptors (Lipinski definition) is 7. The largest absolute Gasteiger partial charge is 0.463 e. The summed E-state index contributed by atoms with van der Waals surface area (Å²) in [6, 6.07) is 9.90. The number of carbonyl (C=O) groups is 2. The second-order valence-corrected chi connectivity index (χ2v) is 6.33. The highest BCUT2D eigenvalue weighted by atomic mass is 16.5. The number of nitrogens with one attached hydrogen (secondary N) is 3. The highest BCUT2D eigenvalue weighted by Gasteiger charge is 2.33. The number of nitrogens with zero attached hydrogens (tertiary/aromatic N) is 3. The van der Waals surface area contributed by atoms with E-state index in [4.69, 9.17) is 4.74 Å². The number of benzene rings is 1. The molecule has 29 heavy (non-hydrogen) atoms. The molecule has 0 bridgehead atoms. The lowest BCUT2D eigenvalue weighted by Gasteiger charge is -2.27. The monoisotopic (exact) mass is 394 g/mol. The summed E-state index contributed by atoms with van der Waals surface area (Å²) in [6.07, 6.45) is 1.35. The third-order valence-corrected chi connectivity index (χ3v) is 4.07. The van der Waals surface area contributed by atoms with Crippen molar-refractivity contribution in [2.75, 3.05) is 12.0 Å². The second kappa shape index (κ2) is 8.96. The van der Waals surface area contributed by atoms with Crippen LogP contribution >= 0.6 is 0 Å². The van der Waals surface area contributed by atoms with Gasteiger partial charge in [0.1, 0.15) is 0 Å². The molecule has 3 rings (SSSR count). The first-order chi connectivity index (χ1) is 14.0. The number of aromatic nitrogens is 2. The number of urea groups is 1. The fourth-order valence-electron chi connectivity index (χ4n) is 2.95. The van der Waals surface area contributed by atoms with Crippen molar-refractivity contribution in [3.63, 3.8) is 0 Å². The minimum absolute atomic E-state index is 0.205. The number of anilines is 1.